The Morgan fingerprint density at radius 3 is 2.80 bits per heavy atom. The number of hydrogen-bond acceptors (Lipinski definition) is 9. The summed E-state index contributed by atoms with van der Waals surface area (Å²) in [6.07, 6.45) is 2.15. The van der Waals surface area contributed by atoms with Gasteiger partial charge in [0.2, 0.25) is 0 Å². The minimum atomic E-state index is -0.590. The van der Waals surface area contributed by atoms with E-state index in [0.717, 1.165) is 47.0 Å². The predicted octanol–water partition coefficient (Wildman–Crippen LogP) is 2.74. The van der Waals surface area contributed by atoms with Crippen LogP contribution in [-0.4, -0.2) is 79.7 Å². The van der Waals surface area contributed by atoms with E-state index in [9.17, 15) is 5.11 Å². The predicted molar refractivity (Wildman–Crippen MR) is 138 cm³/mol. The van der Waals surface area contributed by atoms with Gasteiger partial charge in [0.1, 0.15) is 30.1 Å². The molecular weight excluding hydrogens is 444 g/mol. The van der Waals surface area contributed by atoms with Crippen LogP contribution in [0, 0.1) is 6.92 Å². The second kappa shape index (κ2) is 11.4. The number of likely N-dealkylation sites (N-methyl/N-ethyl adjacent to an activating group) is 1. The van der Waals surface area contributed by atoms with Crippen molar-refractivity contribution in [1.82, 2.24) is 20.3 Å². The van der Waals surface area contributed by atoms with E-state index in [0.29, 0.717) is 24.7 Å². The lowest BCUT2D eigenvalue weighted by atomic mass is 10.1. The number of ether oxygens (including phenoxy) is 2. The number of nitrogens with one attached hydrogen (secondary N) is 2. The van der Waals surface area contributed by atoms with Crippen LogP contribution in [0.25, 0.3) is 22.6 Å². The third-order valence-corrected chi connectivity index (χ3v) is 5.87. The van der Waals surface area contributed by atoms with Gasteiger partial charge in [-0.15, -0.1) is 0 Å². The minimum Gasteiger partial charge on any atom is -0.491 e. The molecule has 0 saturated carbocycles. The monoisotopic (exact) mass is 478 g/mol. The minimum absolute atomic E-state index is 0.198. The Morgan fingerprint density at radius 1 is 1.20 bits per heavy atom. The first-order valence-corrected chi connectivity index (χ1v) is 11.9. The van der Waals surface area contributed by atoms with Gasteiger partial charge >= 0.3 is 0 Å². The molecule has 3 aromatic rings. The molecular formula is C26H34N6O3. The molecule has 1 saturated heterocycles. The fourth-order valence-electron chi connectivity index (χ4n) is 3.93. The van der Waals surface area contributed by atoms with Crippen LogP contribution in [0.15, 0.2) is 42.6 Å². The number of anilines is 2. The van der Waals surface area contributed by atoms with E-state index in [4.69, 9.17) is 19.4 Å². The Hall–Kier alpha value is -3.27. The summed E-state index contributed by atoms with van der Waals surface area (Å²) in [6.45, 7) is 4.10. The van der Waals surface area contributed by atoms with Crippen molar-refractivity contribution in [2.45, 2.75) is 25.5 Å². The number of pyridine rings is 1. The van der Waals surface area contributed by atoms with Crippen LogP contribution in [0.4, 0.5) is 11.6 Å². The van der Waals surface area contributed by atoms with E-state index < -0.39 is 6.10 Å². The van der Waals surface area contributed by atoms with Crippen LogP contribution in [0.1, 0.15) is 12.0 Å². The number of benzene rings is 1. The van der Waals surface area contributed by atoms with E-state index >= 15 is 0 Å². The normalized spacial score (nSPS) is 16.2. The largest absolute Gasteiger partial charge is 0.491 e. The molecule has 1 fully saturated rings. The third kappa shape index (κ3) is 6.25. The van der Waals surface area contributed by atoms with Gasteiger partial charge in [-0.05, 0) is 44.7 Å². The molecule has 2 aromatic heterocycles. The van der Waals surface area contributed by atoms with Gasteiger partial charge in [0.15, 0.2) is 5.82 Å². The maximum Gasteiger partial charge on any atom is 0.162 e. The van der Waals surface area contributed by atoms with Gasteiger partial charge in [0.05, 0.1) is 18.3 Å². The highest BCUT2D eigenvalue weighted by Crippen LogP contribution is 2.32. The summed E-state index contributed by atoms with van der Waals surface area (Å²) in [5.41, 5.74) is 3.62. The summed E-state index contributed by atoms with van der Waals surface area (Å²) in [5, 5.41) is 16.5. The molecule has 0 spiro atoms. The molecule has 2 atom stereocenters. The highest BCUT2D eigenvalue weighted by Gasteiger charge is 2.20. The summed E-state index contributed by atoms with van der Waals surface area (Å²) in [6, 6.07) is 11.9. The highest BCUT2D eigenvalue weighted by molar-refractivity contribution is 5.73. The average molecular weight is 479 g/mol. The number of aliphatic hydroxyl groups is 1. The first kappa shape index (κ1) is 24.8. The number of rotatable bonds is 10. The standard InChI is InChI=1S/C26H34N6O3/c1-17-24(18-8-10-28-23(13-18)32(3)4)30-26(31-25(17)29-20-9-11-34-15-20)19-6-5-7-22(12-19)35-16-21(33)14-27-2/h5-8,10,12-13,20-21,27,33H,9,11,14-16H2,1-4H3,(H,29,30,31)/t20-,21?/m1/s1. The quantitative estimate of drug-likeness (QED) is 0.406. The average Bonchev–Trinajstić information content (AvgIpc) is 3.37. The Kier molecular flexibility index (Phi) is 8.12. The Morgan fingerprint density at radius 2 is 2.06 bits per heavy atom. The van der Waals surface area contributed by atoms with Crippen LogP contribution in [-0.2, 0) is 4.74 Å². The maximum absolute atomic E-state index is 9.98. The molecule has 35 heavy (non-hydrogen) atoms. The lowest BCUT2D eigenvalue weighted by Gasteiger charge is -2.18. The summed E-state index contributed by atoms with van der Waals surface area (Å²) in [7, 11) is 5.73. The van der Waals surface area contributed by atoms with Crippen molar-refractivity contribution in [3.63, 3.8) is 0 Å². The highest BCUT2D eigenvalue weighted by atomic mass is 16.5. The molecule has 0 amide bonds. The second-order valence-electron chi connectivity index (χ2n) is 8.92. The van der Waals surface area contributed by atoms with Crippen molar-refractivity contribution in [3.8, 4) is 28.4 Å². The molecule has 1 unspecified atom stereocenters. The molecule has 1 aliphatic rings. The molecule has 0 aliphatic carbocycles. The van der Waals surface area contributed by atoms with Crippen molar-refractivity contribution in [1.29, 1.82) is 0 Å². The van der Waals surface area contributed by atoms with Crippen LogP contribution in [0.2, 0.25) is 0 Å². The lowest BCUT2D eigenvalue weighted by Crippen LogP contribution is -2.29. The Balaban J connectivity index is 1.72. The fourth-order valence-corrected chi connectivity index (χ4v) is 3.93. The van der Waals surface area contributed by atoms with E-state index in [2.05, 4.69) is 15.6 Å². The van der Waals surface area contributed by atoms with Gasteiger partial charge in [-0.25, -0.2) is 15.0 Å². The molecule has 186 valence electrons. The van der Waals surface area contributed by atoms with Crippen molar-refractivity contribution < 1.29 is 14.6 Å². The SMILES string of the molecule is CNCC(O)COc1cccc(-c2nc(N[C@@H]3CCOC3)c(C)c(-c3ccnc(N(C)C)c3)n2)c1. The number of aromatic nitrogens is 3. The molecule has 1 aliphatic heterocycles. The molecule has 9 nitrogen and oxygen atoms in total. The van der Waals surface area contributed by atoms with Gasteiger partial charge in [0, 0.05) is 50.1 Å². The molecule has 9 heteroatoms. The third-order valence-electron chi connectivity index (χ3n) is 5.87. The zero-order valence-electron chi connectivity index (χ0n) is 20.8. The van der Waals surface area contributed by atoms with E-state index in [-0.39, 0.29) is 12.6 Å². The molecule has 4 rings (SSSR count). The van der Waals surface area contributed by atoms with Gasteiger partial charge in [-0.1, -0.05) is 12.1 Å². The van der Waals surface area contributed by atoms with Crippen molar-refractivity contribution in [2.24, 2.45) is 0 Å². The van der Waals surface area contributed by atoms with Gasteiger partial charge in [0.25, 0.3) is 0 Å². The number of nitrogens with zero attached hydrogens (tertiary/aromatic N) is 4. The molecule has 1 aromatic carbocycles. The van der Waals surface area contributed by atoms with Crippen molar-refractivity contribution in [2.75, 3.05) is 57.7 Å². The Bertz CT molecular complexity index is 1130. The number of hydrogen-bond donors (Lipinski definition) is 3. The topological polar surface area (TPSA) is 105 Å². The van der Waals surface area contributed by atoms with Crippen LogP contribution in [0.3, 0.4) is 0 Å². The molecule has 3 heterocycles. The summed E-state index contributed by atoms with van der Waals surface area (Å²) >= 11 is 0. The van der Waals surface area contributed by atoms with Crippen LogP contribution >= 0.6 is 0 Å². The zero-order chi connectivity index (χ0) is 24.8. The van der Waals surface area contributed by atoms with E-state index in [1.807, 2.05) is 62.3 Å². The van der Waals surface area contributed by atoms with Crippen LogP contribution < -0.4 is 20.3 Å². The summed E-state index contributed by atoms with van der Waals surface area (Å²) < 4.78 is 11.4. The van der Waals surface area contributed by atoms with Gasteiger partial charge < -0.3 is 30.1 Å². The first-order chi connectivity index (χ1) is 16.9. The zero-order valence-corrected chi connectivity index (χ0v) is 20.8. The summed E-state index contributed by atoms with van der Waals surface area (Å²) in [4.78, 5) is 16.3. The molecule has 3 N–H and O–H groups in total. The van der Waals surface area contributed by atoms with Crippen molar-refractivity contribution in [3.05, 3.63) is 48.2 Å². The lowest BCUT2D eigenvalue weighted by molar-refractivity contribution is 0.108. The maximum atomic E-state index is 9.98. The Labute approximate surface area is 206 Å². The van der Waals surface area contributed by atoms with E-state index in [1.165, 1.54) is 0 Å². The molecule has 0 radical (unpaired) electrons. The van der Waals surface area contributed by atoms with Crippen LogP contribution in [0.5, 0.6) is 5.75 Å². The second-order valence-corrected chi connectivity index (χ2v) is 8.92. The van der Waals surface area contributed by atoms with Crippen molar-refractivity contribution >= 4 is 11.6 Å². The molecule has 0 bridgehead atoms. The smallest absolute Gasteiger partial charge is 0.162 e. The van der Waals surface area contributed by atoms with Gasteiger partial charge in [-0.2, -0.15) is 0 Å². The fraction of sp³-hybridized carbons (Fsp3) is 0.423. The van der Waals surface area contributed by atoms with E-state index in [1.54, 1.807) is 13.2 Å². The van der Waals surface area contributed by atoms with Gasteiger partial charge in [-0.3, -0.25) is 0 Å². The summed E-state index contributed by atoms with van der Waals surface area (Å²) in [5.74, 6) is 2.90. The first-order valence-electron chi connectivity index (χ1n) is 11.9. The number of aliphatic hydroxyl groups excluding tert-OH is 1.